The lowest BCUT2D eigenvalue weighted by atomic mass is 10.0. The van der Waals surface area contributed by atoms with Gasteiger partial charge in [-0.05, 0) is 6.42 Å². The summed E-state index contributed by atoms with van der Waals surface area (Å²) in [6, 6.07) is 0. The maximum absolute atomic E-state index is 11.6. The molecule has 0 aliphatic rings. The summed E-state index contributed by atoms with van der Waals surface area (Å²) >= 11 is 0. The predicted molar refractivity (Wildman–Crippen MR) is 57.9 cm³/mol. The Morgan fingerprint density at radius 3 is 1.70 bits per heavy atom. The molecule has 9 heteroatoms. The van der Waals surface area contributed by atoms with Gasteiger partial charge in [0.25, 0.3) is 0 Å². The molecule has 20 heavy (non-hydrogen) atoms. The number of aliphatic hydroxyl groups excluding tert-OH is 1. The van der Waals surface area contributed by atoms with E-state index < -0.39 is 42.7 Å². The molecule has 0 radical (unpaired) electrons. The van der Waals surface area contributed by atoms with Crippen molar-refractivity contribution in [1.82, 2.24) is 0 Å². The first-order valence-electron chi connectivity index (χ1n) is 5.61. The highest BCUT2D eigenvalue weighted by Gasteiger charge is 2.39. The molecule has 0 fully saturated rings. The Morgan fingerprint density at radius 2 is 1.50 bits per heavy atom. The molecule has 0 aromatic heterocycles. The third-order valence-electron chi connectivity index (χ3n) is 1.91. The number of rotatable bonds is 5. The summed E-state index contributed by atoms with van der Waals surface area (Å²) in [5.41, 5.74) is 0. The average molecular weight is 310 g/mol. The van der Waals surface area contributed by atoms with Crippen LogP contribution in [0.1, 0.15) is 33.1 Å². The molecule has 0 saturated heterocycles. The first-order valence-corrected chi connectivity index (χ1v) is 5.61. The highest BCUT2D eigenvalue weighted by Crippen LogP contribution is 2.20. The van der Waals surface area contributed by atoms with E-state index in [1.165, 1.54) is 13.8 Å². The maximum Gasteiger partial charge on any atom is 0.450 e. The van der Waals surface area contributed by atoms with Gasteiger partial charge in [-0.15, -0.1) is 0 Å². The Morgan fingerprint density at radius 1 is 1.05 bits per heavy atom. The lowest BCUT2D eigenvalue weighted by Crippen LogP contribution is -2.26. The number of Topliss-reactive ketones (excluding diaryl/α,β-unsaturated/α-hetero) is 2. The minimum Gasteiger partial charge on any atom is -0.396 e. The monoisotopic (exact) mass is 310 g/mol. The van der Waals surface area contributed by atoms with E-state index in [1.54, 1.807) is 0 Å². The number of hydrogen-bond donors (Lipinski definition) is 1. The van der Waals surface area contributed by atoms with Crippen LogP contribution in [0, 0.1) is 5.92 Å². The number of carbonyl (C=O) groups is 2. The van der Waals surface area contributed by atoms with Crippen molar-refractivity contribution in [2.24, 2.45) is 5.92 Å². The molecule has 0 heterocycles. The van der Waals surface area contributed by atoms with Crippen molar-refractivity contribution >= 4 is 11.6 Å². The molecule has 3 nitrogen and oxygen atoms in total. The minimum atomic E-state index is -4.88. The Hall–Kier alpha value is -1.12. The fourth-order valence-electron chi connectivity index (χ4n) is 0.742. The number of alkyl halides is 6. The van der Waals surface area contributed by atoms with Gasteiger partial charge in [0.15, 0.2) is 0 Å². The standard InChI is InChI=1S/C7H9F3O2.C4H7F3O/c1-4(2)5(11)3-6(12)7(8,9)10;5-4(6,7)2-1-3-8/h4H,3H2,1-2H3;8H,1-3H2. The molecule has 0 aromatic rings. The smallest absolute Gasteiger partial charge is 0.396 e. The van der Waals surface area contributed by atoms with Crippen molar-refractivity contribution < 1.29 is 41.0 Å². The van der Waals surface area contributed by atoms with Crippen LogP contribution in [-0.2, 0) is 9.59 Å². The molecule has 0 rings (SSSR count). The van der Waals surface area contributed by atoms with Gasteiger partial charge in [-0.3, -0.25) is 9.59 Å². The molecule has 0 bridgehead atoms. The van der Waals surface area contributed by atoms with Crippen molar-refractivity contribution in [2.45, 2.75) is 45.5 Å². The maximum atomic E-state index is 11.6. The molecule has 0 atom stereocenters. The Bertz CT molecular complexity index is 306. The van der Waals surface area contributed by atoms with E-state index in [4.69, 9.17) is 5.11 Å². The van der Waals surface area contributed by atoms with E-state index in [0.717, 1.165) is 0 Å². The summed E-state index contributed by atoms with van der Waals surface area (Å²) in [4.78, 5) is 20.9. The van der Waals surface area contributed by atoms with Crippen LogP contribution in [0.4, 0.5) is 26.3 Å². The molecular weight excluding hydrogens is 294 g/mol. The SMILES string of the molecule is CC(C)C(=O)CC(=O)C(F)(F)F.OCCCC(F)(F)F. The van der Waals surface area contributed by atoms with Crippen LogP contribution in [0.5, 0.6) is 0 Å². The zero-order valence-electron chi connectivity index (χ0n) is 10.9. The Kier molecular flexibility index (Phi) is 9.46. The van der Waals surface area contributed by atoms with E-state index in [1.807, 2.05) is 0 Å². The van der Waals surface area contributed by atoms with Gasteiger partial charge in [-0.25, -0.2) is 0 Å². The summed E-state index contributed by atoms with van der Waals surface area (Å²) in [5.74, 6) is -3.19. The van der Waals surface area contributed by atoms with Crippen molar-refractivity contribution in [3.8, 4) is 0 Å². The Balaban J connectivity index is 0. The number of halogens is 6. The molecular formula is C11H16F6O3. The number of carbonyl (C=O) groups excluding carboxylic acids is 2. The van der Waals surface area contributed by atoms with Crippen LogP contribution in [-0.4, -0.2) is 35.6 Å². The fourth-order valence-corrected chi connectivity index (χ4v) is 0.742. The van der Waals surface area contributed by atoms with Gasteiger partial charge in [0.2, 0.25) is 5.78 Å². The first kappa shape index (κ1) is 21.2. The average Bonchev–Trinajstić information content (AvgIpc) is 2.24. The van der Waals surface area contributed by atoms with Crippen LogP contribution in [0.2, 0.25) is 0 Å². The fraction of sp³-hybridized carbons (Fsp3) is 0.818. The van der Waals surface area contributed by atoms with Gasteiger partial charge in [0, 0.05) is 18.9 Å². The third-order valence-corrected chi connectivity index (χ3v) is 1.91. The van der Waals surface area contributed by atoms with E-state index in [2.05, 4.69) is 0 Å². The summed E-state index contributed by atoms with van der Waals surface area (Å²) in [7, 11) is 0. The topological polar surface area (TPSA) is 54.4 Å². The largest absolute Gasteiger partial charge is 0.450 e. The van der Waals surface area contributed by atoms with Gasteiger partial charge < -0.3 is 5.11 Å². The second kappa shape index (κ2) is 8.93. The second-order valence-electron chi connectivity index (χ2n) is 4.16. The normalized spacial score (nSPS) is 11.9. The van der Waals surface area contributed by atoms with Crippen LogP contribution in [0.25, 0.3) is 0 Å². The van der Waals surface area contributed by atoms with Crippen LogP contribution in [0.15, 0.2) is 0 Å². The quantitative estimate of drug-likeness (QED) is 0.627. The van der Waals surface area contributed by atoms with Crippen LogP contribution < -0.4 is 0 Å². The van der Waals surface area contributed by atoms with Gasteiger partial charge in [-0.2, -0.15) is 26.3 Å². The van der Waals surface area contributed by atoms with Gasteiger partial charge in [0.1, 0.15) is 5.78 Å². The molecule has 0 amide bonds. The van der Waals surface area contributed by atoms with Crippen LogP contribution >= 0.6 is 0 Å². The molecule has 0 aliphatic carbocycles. The molecule has 120 valence electrons. The number of aliphatic hydroxyl groups is 1. The molecule has 1 N–H and O–H groups in total. The van der Waals surface area contributed by atoms with Crippen LogP contribution in [0.3, 0.4) is 0 Å². The first-order chi connectivity index (χ1) is 8.81. The predicted octanol–water partition coefficient (Wildman–Crippen LogP) is 3.05. The number of ketones is 2. The third kappa shape index (κ3) is 13.3. The van der Waals surface area contributed by atoms with E-state index in [0.29, 0.717) is 0 Å². The molecule has 0 aliphatic heterocycles. The summed E-state index contributed by atoms with van der Waals surface area (Å²) in [5, 5.41) is 7.93. The van der Waals surface area contributed by atoms with Crippen molar-refractivity contribution in [3.05, 3.63) is 0 Å². The lowest BCUT2D eigenvalue weighted by Gasteiger charge is -2.05. The van der Waals surface area contributed by atoms with Gasteiger partial charge >= 0.3 is 12.4 Å². The van der Waals surface area contributed by atoms with Crippen molar-refractivity contribution in [3.63, 3.8) is 0 Å². The molecule has 0 unspecified atom stereocenters. The highest BCUT2D eigenvalue weighted by molar-refractivity contribution is 6.02. The zero-order chi connectivity index (χ0) is 16.6. The minimum absolute atomic E-state index is 0.191. The molecule has 0 aromatic carbocycles. The number of hydrogen-bond acceptors (Lipinski definition) is 3. The van der Waals surface area contributed by atoms with Gasteiger partial charge in [0.05, 0.1) is 6.42 Å². The Labute approximate surface area is 112 Å². The highest BCUT2D eigenvalue weighted by atomic mass is 19.4. The van der Waals surface area contributed by atoms with Crippen molar-refractivity contribution in [1.29, 1.82) is 0 Å². The summed E-state index contributed by atoms with van der Waals surface area (Å²) in [6.45, 7) is 2.51. The zero-order valence-corrected chi connectivity index (χ0v) is 10.9. The second-order valence-corrected chi connectivity index (χ2v) is 4.16. The molecule has 0 spiro atoms. The summed E-state index contributed by atoms with van der Waals surface area (Å²) < 4.78 is 68.1. The lowest BCUT2D eigenvalue weighted by molar-refractivity contribution is -0.172. The van der Waals surface area contributed by atoms with E-state index in [9.17, 15) is 35.9 Å². The summed E-state index contributed by atoms with van der Waals surface area (Å²) in [6.07, 6.45) is -11.1. The van der Waals surface area contributed by atoms with Crippen molar-refractivity contribution in [2.75, 3.05) is 6.61 Å². The van der Waals surface area contributed by atoms with Gasteiger partial charge in [-0.1, -0.05) is 13.8 Å². The van der Waals surface area contributed by atoms with E-state index in [-0.39, 0.29) is 13.0 Å². The molecule has 0 saturated carbocycles. The van der Waals surface area contributed by atoms with E-state index >= 15 is 0 Å².